The highest BCUT2D eigenvalue weighted by atomic mass is 35.5. The van der Waals surface area contributed by atoms with Gasteiger partial charge in [0, 0.05) is 10.9 Å². The Morgan fingerprint density at radius 3 is 2.27 bits per heavy atom. The Balaban J connectivity index is 1.55. The van der Waals surface area contributed by atoms with Crippen molar-refractivity contribution in [2.45, 2.75) is 41.4 Å². The SMILES string of the molecule is NS(=O)(=O)[C@H]1CC[C@H](N=C(NS(=O)(=O)c2ccc(Cl)cc2)N2C[C@H](c3ccccc3)C(c3ccc(F)cc3)=N2)C1. The molecule has 3 aromatic carbocycles. The Labute approximate surface area is 237 Å². The van der Waals surface area contributed by atoms with E-state index in [1.807, 2.05) is 30.3 Å². The van der Waals surface area contributed by atoms with Crippen LogP contribution in [0.15, 0.2) is 93.9 Å². The number of sulfonamides is 2. The van der Waals surface area contributed by atoms with Crippen molar-refractivity contribution in [1.29, 1.82) is 0 Å². The fraction of sp³-hybridized carbons (Fsp3) is 0.259. The van der Waals surface area contributed by atoms with Gasteiger partial charge >= 0.3 is 0 Å². The lowest BCUT2D eigenvalue weighted by atomic mass is 9.91. The second kappa shape index (κ2) is 11.3. The van der Waals surface area contributed by atoms with Crippen LogP contribution in [-0.2, 0) is 20.0 Å². The first-order valence-electron chi connectivity index (χ1n) is 12.5. The molecular formula is C27H27ClFN5O4S2. The molecule has 0 aromatic heterocycles. The lowest BCUT2D eigenvalue weighted by Gasteiger charge is -2.21. The molecule has 1 fully saturated rings. The minimum Gasteiger partial charge on any atom is -0.248 e. The summed E-state index contributed by atoms with van der Waals surface area (Å²) in [6.07, 6.45) is 0.897. The Kier molecular flexibility index (Phi) is 7.96. The summed E-state index contributed by atoms with van der Waals surface area (Å²) in [5.41, 5.74) is 2.22. The van der Waals surface area contributed by atoms with E-state index in [4.69, 9.17) is 21.8 Å². The quantitative estimate of drug-likeness (QED) is 0.326. The van der Waals surface area contributed by atoms with Crippen molar-refractivity contribution in [1.82, 2.24) is 9.73 Å². The number of nitrogens with two attached hydrogens (primary N) is 1. The zero-order valence-electron chi connectivity index (χ0n) is 21.2. The lowest BCUT2D eigenvalue weighted by molar-refractivity contribution is 0.456. The number of rotatable bonds is 6. The van der Waals surface area contributed by atoms with Crippen LogP contribution in [-0.4, -0.2) is 51.4 Å². The minimum atomic E-state index is -4.11. The van der Waals surface area contributed by atoms with Crippen molar-refractivity contribution in [2.24, 2.45) is 15.2 Å². The van der Waals surface area contributed by atoms with Gasteiger partial charge < -0.3 is 0 Å². The number of nitrogens with one attached hydrogen (secondary N) is 1. The molecule has 40 heavy (non-hydrogen) atoms. The van der Waals surface area contributed by atoms with Crippen LogP contribution < -0.4 is 9.86 Å². The summed E-state index contributed by atoms with van der Waals surface area (Å²) in [6, 6.07) is 20.7. The van der Waals surface area contributed by atoms with E-state index < -0.39 is 31.3 Å². The highest BCUT2D eigenvalue weighted by molar-refractivity contribution is 7.90. The molecule has 3 atom stereocenters. The van der Waals surface area contributed by atoms with Crippen molar-refractivity contribution in [3.05, 3.63) is 101 Å². The van der Waals surface area contributed by atoms with Crippen LogP contribution in [0.25, 0.3) is 0 Å². The number of benzene rings is 3. The van der Waals surface area contributed by atoms with E-state index in [9.17, 15) is 21.2 Å². The van der Waals surface area contributed by atoms with E-state index in [1.54, 1.807) is 12.1 Å². The maximum atomic E-state index is 13.7. The fourth-order valence-corrected chi connectivity index (χ4v) is 7.00. The molecular weight excluding hydrogens is 577 g/mol. The maximum Gasteiger partial charge on any atom is 0.264 e. The van der Waals surface area contributed by atoms with Crippen LogP contribution in [0.3, 0.4) is 0 Å². The number of halogens is 2. The van der Waals surface area contributed by atoms with Crippen LogP contribution in [0.5, 0.6) is 0 Å². The second-order valence-electron chi connectivity index (χ2n) is 9.73. The molecule has 13 heteroatoms. The molecule has 0 spiro atoms. The van der Waals surface area contributed by atoms with Crippen molar-refractivity contribution < 1.29 is 21.2 Å². The molecule has 0 saturated heterocycles. The van der Waals surface area contributed by atoms with Crippen molar-refractivity contribution >= 4 is 43.3 Å². The van der Waals surface area contributed by atoms with Crippen molar-refractivity contribution in [3.63, 3.8) is 0 Å². The number of guanidine groups is 1. The van der Waals surface area contributed by atoms with Gasteiger partial charge in [-0.05, 0) is 66.8 Å². The summed E-state index contributed by atoms with van der Waals surface area (Å²) in [7, 11) is -7.87. The first-order valence-corrected chi connectivity index (χ1v) is 16.0. The molecule has 3 N–H and O–H groups in total. The molecule has 9 nitrogen and oxygen atoms in total. The van der Waals surface area contributed by atoms with E-state index in [2.05, 4.69) is 9.71 Å². The van der Waals surface area contributed by atoms with Crippen molar-refractivity contribution in [3.8, 4) is 0 Å². The monoisotopic (exact) mass is 603 g/mol. The van der Waals surface area contributed by atoms with Gasteiger partial charge in [-0.2, -0.15) is 5.10 Å². The highest BCUT2D eigenvalue weighted by Gasteiger charge is 2.36. The Morgan fingerprint density at radius 1 is 0.975 bits per heavy atom. The molecule has 1 heterocycles. The van der Waals surface area contributed by atoms with Crippen LogP contribution >= 0.6 is 11.6 Å². The molecule has 3 aromatic rings. The molecule has 1 aliphatic heterocycles. The van der Waals surface area contributed by atoms with Gasteiger partial charge in [-0.3, -0.25) is 0 Å². The minimum absolute atomic E-state index is 0.0278. The summed E-state index contributed by atoms with van der Waals surface area (Å²) in [5, 5.41) is 11.2. The van der Waals surface area contributed by atoms with E-state index in [0.29, 0.717) is 29.1 Å². The summed E-state index contributed by atoms with van der Waals surface area (Å²) in [4.78, 5) is 4.63. The van der Waals surface area contributed by atoms with E-state index >= 15 is 0 Å². The third-order valence-corrected chi connectivity index (χ3v) is 9.93. The summed E-state index contributed by atoms with van der Waals surface area (Å²) in [5.74, 6) is -0.718. The van der Waals surface area contributed by atoms with E-state index in [1.165, 1.54) is 41.4 Å². The molecule has 5 rings (SSSR count). The van der Waals surface area contributed by atoms with Crippen molar-refractivity contribution in [2.75, 3.05) is 6.54 Å². The number of hydrazone groups is 1. The molecule has 1 aliphatic carbocycles. The number of hydrogen-bond acceptors (Lipinski definition) is 6. The maximum absolute atomic E-state index is 13.7. The first-order chi connectivity index (χ1) is 19.0. The van der Waals surface area contributed by atoms with Gasteiger partial charge in [0.05, 0.1) is 28.4 Å². The Hall–Kier alpha value is -3.32. The van der Waals surface area contributed by atoms with E-state index in [-0.39, 0.29) is 35.6 Å². The summed E-state index contributed by atoms with van der Waals surface area (Å²) in [6.45, 7) is 0.240. The first kappa shape index (κ1) is 28.2. The van der Waals surface area contributed by atoms with Gasteiger partial charge in [0.1, 0.15) is 5.82 Å². The summed E-state index contributed by atoms with van der Waals surface area (Å²) >= 11 is 5.95. The van der Waals surface area contributed by atoms with Crippen LogP contribution in [0.1, 0.15) is 36.3 Å². The Bertz CT molecular complexity index is 1650. The summed E-state index contributed by atoms with van der Waals surface area (Å²) < 4.78 is 66.9. The molecule has 0 amide bonds. The van der Waals surface area contributed by atoms with Gasteiger partial charge in [0.15, 0.2) is 0 Å². The van der Waals surface area contributed by atoms with Gasteiger partial charge in [0.2, 0.25) is 16.0 Å². The average Bonchev–Trinajstić information content (AvgIpc) is 3.57. The molecule has 0 bridgehead atoms. The third-order valence-electron chi connectivity index (χ3n) is 6.98. The topological polar surface area (TPSA) is 134 Å². The van der Waals surface area contributed by atoms with Gasteiger partial charge in [0.25, 0.3) is 10.0 Å². The smallest absolute Gasteiger partial charge is 0.248 e. The predicted molar refractivity (Wildman–Crippen MR) is 153 cm³/mol. The molecule has 1 saturated carbocycles. The number of nitrogens with zero attached hydrogens (tertiary/aromatic N) is 3. The number of primary sulfonamides is 1. The molecule has 210 valence electrons. The third kappa shape index (κ3) is 6.35. The average molecular weight is 604 g/mol. The highest BCUT2D eigenvalue weighted by Crippen LogP contribution is 2.31. The van der Waals surface area contributed by atoms with Gasteiger partial charge in [-0.25, -0.2) is 41.1 Å². The van der Waals surface area contributed by atoms with Gasteiger partial charge in [-0.1, -0.05) is 54.1 Å². The molecule has 0 unspecified atom stereocenters. The molecule has 2 aliphatic rings. The standard InChI is InChI=1S/C27H27ClFN5O4S2/c28-20-8-13-23(14-9-20)40(37,38)33-27(31-22-12-15-24(16-22)39(30,35)36)34-17-25(18-4-2-1-3-5-18)26(32-34)19-6-10-21(29)11-7-19/h1-11,13-14,22,24-25H,12,15-17H2,(H,31,33)(H2,30,35,36)/t22-,24-,25+/m0/s1. The Morgan fingerprint density at radius 2 is 1.65 bits per heavy atom. The number of aliphatic imine (C=N–C) groups is 1. The zero-order valence-corrected chi connectivity index (χ0v) is 23.6. The van der Waals surface area contributed by atoms with Gasteiger partial charge in [-0.15, -0.1) is 0 Å². The van der Waals surface area contributed by atoms with E-state index in [0.717, 1.165) is 5.56 Å². The molecule has 0 radical (unpaired) electrons. The fourth-order valence-electron chi connectivity index (χ4n) is 4.91. The van der Waals surface area contributed by atoms with Crippen LogP contribution in [0, 0.1) is 5.82 Å². The number of hydrogen-bond donors (Lipinski definition) is 2. The lowest BCUT2D eigenvalue weighted by Crippen LogP contribution is -2.42. The predicted octanol–water partition coefficient (Wildman–Crippen LogP) is 3.83. The van der Waals surface area contributed by atoms with Crippen LogP contribution in [0.4, 0.5) is 4.39 Å². The van der Waals surface area contributed by atoms with Crippen LogP contribution in [0.2, 0.25) is 5.02 Å². The zero-order chi connectivity index (χ0) is 28.5. The second-order valence-corrected chi connectivity index (χ2v) is 13.7. The normalized spacial score (nSPS) is 21.9. The largest absolute Gasteiger partial charge is 0.264 e.